The molecular formula is C5F9NO. The SMILES string of the molecule is FC(F)(F)C1=NC(C(F)(F)F)(C(F)(F)F)O1. The van der Waals surface area contributed by atoms with Crippen LogP contribution in [0.3, 0.4) is 0 Å². The van der Waals surface area contributed by atoms with Gasteiger partial charge in [0, 0.05) is 0 Å². The van der Waals surface area contributed by atoms with E-state index in [1.54, 1.807) is 0 Å². The van der Waals surface area contributed by atoms with Crippen LogP contribution >= 0.6 is 0 Å². The van der Waals surface area contributed by atoms with Crippen molar-refractivity contribution in [3.63, 3.8) is 0 Å². The van der Waals surface area contributed by atoms with Crippen molar-refractivity contribution in [2.75, 3.05) is 0 Å². The molecule has 1 heterocycles. The van der Waals surface area contributed by atoms with Crippen LogP contribution in [0.1, 0.15) is 0 Å². The maximum atomic E-state index is 11.9. The number of alkyl halides is 9. The topological polar surface area (TPSA) is 21.6 Å². The number of hydrogen-bond donors (Lipinski definition) is 0. The Kier molecular flexibility index (Phi) is 2.37. The van der Waals surface area contributed by atoms with E-state index in [1.807, 2.05) is 0 Å². The summed E-state index contributed by atoms with van der Waals surface area (Å²) in [6.45, 7) is 0. The number of nitrogens with zero attached hydrogens (tertiary/aromatic N) is 1. The van der Waals surface area contributed by atoms with Crippen LogP contribution in [0.15, 0.2) is 4.99 Å². The lowest BCUT2D eigenvalue weighted by molar-refractivity contribution is -0.377. The molecule has 0 saturated heterocycles. The second kappa shape index (κ2) is 2.94. The summed E-state index contributed by atoms with van der Waals surface area (Å²) in [5, 5.41) is 0. The summed E-state index contributed by atoms with van der Waals surface area (Å²) in [5.74, 6) is -2.55. The summed E-state index contributed by atoms with van der Waals surface area (Å²) in [7, 11) is 0. The van der Waals surface area contributed by atoms with Gasteiger partial charge >= 0.3 is 24.3 Å². The van der Waals surface area contributed by atoms with Gasteiger partial charge in [-0.1, -0.05) is 0 Å². The number of rotatable bonds is 0. The van der Waals surface area contributed by atoms with Gasteiger partial charge in [0.1, 0.15) is 0 Å². The summed E-state index contributed by atoms with van der Waals surface area (Å²) in [4.78, 5) is 1.49. The molecule has 0 amide bonds. The van der Waals surface area contributed by atoms with E-state index in [1.165, 1.54) is 4.99 Å². The van der Waals surface area contributed by atoms with E-state index in [2.05, 4.69) is 4.74 Å². The zero-order valence-corrected chi connectivity index (χ0v) is 6.76. The molecule has 0 N–H and O–H groups in total. The molecule has 1 aliphatic heterocycles. The van der Waals surface area contributed by atoms with Crippen molar-refractivity contribution in [3.05, 3.63) is 0 Å². The van der Waals surface area contributed by atoms with Crippen LogP contribution in [-0.2, 0) is 4.74 Å². The number of aliphatic imine (C=N–C) groups is 1. The quantitative estimate of drug-likeness (QED) is 0.614. The summed E-state index contributed by atoms with van der Waals surface area (Å²) < 4.78 is 109. The first-order valence-corrected chi connectivity index (χ1v) is 3.31. The molecule has 0 spiro atoms. The van der Waals surface area contributed by atoms with E-state index in [0.717, 1.165) is 0 Å². The average molecular weight is 261 g/mol. The molecule has 0 unspecified atom stereocenters. The van der Waals surface area contributed by atoms with Gasteiger partial charge in [-0.15, -0.1) is 0 Å². The Balaban J connectivity index is 3.15. The Labute approximate surface area is 80.7 Å². The van der Waals surface area contributed by atoms with Gasteiger partial charge in [-0.25, -0.2) is 0 Å². The largest absolute Gasteiger partial charge is 0.468 e. The van der Waals surface area contributed by atoms with Crippen molar-refractivity contribution in [3.8, 4) is 0 Å². The van der Waals surface area contributed by atoms with Crippen LogP contribution in [0.4, 0.5) is 39.5 Å². The second-order valence-corrected chi connectivity index (χ2v) is 2.66. The van der Waals surface area contributed by atoms with Crippen LogP contribution in [-0.4, -0.2) is 30.2 Å². The molecule has 1 rings (SSSR count). The minimum Gasteiger partial charge on any atom is -0.429 e. The van der Waals surface area contributed by atoms with E-state index in [9.17, 15) is 39.5 Å². The highest BCUT2D eigenvalue weighted by Gasteiger charge is 2.80. The minimum absolute atomic E-state index is 1.49. The fourth-order valence-corrected chi connectivity index (χ4v) is 0.814. The Morgan fingerprint density at radius 2 is 1.12 bits per heavy atom. The van der Waals surface area contributed by atoms with Crippen molar-refractivity contribution >= 4 is 5.90 Å². The van der Waals surface area contributed by atoms with Gasteiger partial charge in [0.25, 0.3) is 5.90 Å². The van der Waals surface area contributed by atoms with Crippen molar-refractivity contribution < 1.29 is 44.3 Å². The molecule has 2 nitrogen and oxygen atoms in total. The first kappa shape index (κ1) is 12.9. The summed E-state index contributed by atoms with van der Waals surface area (Å²) in [6.07, 6.45) is -17.7. The normalized spacial score (nSPS) is 20.9. The highest BCUT2D eigenvalue weighted by Crippen LogP contribution is 2.52. The lowest BCUT2D eigenvalue weighted by Crippen LogP contribution is -2.65. The molecular weight excluding hydrogens is 261 g/mol. The number of ether oxygens (including phenoxy) is 1. The molecule has 11 heteroatoms. The van der Waals surface area contributed by atoms with Crippen molar-refractivity contribution in [1.82, 2.24) is 0 Å². The van der Waals surface area contributed by atoms with E-state index in [0.29, 0.717) is 0 Å². The Morgan fingerprint density at radius 1 is 0.812 bits per heavy atom. The molecule has 16 heavy (non-hydrogen) atoms. The third-order valence-corrected chi connectivity index (χ3v) is 1.51. The van der Waals surface area contributed by atoms with Crippen LogP contribution in [0.5, 0.6) is 0 Å². The molecule has 0 bridgehead atoms. The lowest BCUT2D eigenvalue weighted by atomic mass is 10.1. The fourth-order valence-electron chi connectivity index (χ4n) is 0.814. The Hall–Kier alpha value is -1.16. The minimum atomic E-state index is -6.11. The zero-order valence-electron chi connectivity index (χ0n) is 6.76. The molecule has 94 valence electrons. The van der Waals surface area contributed by atoms with Crippen LogP contribution in [0.2, 0.25) is 0 Å². The monoisotopic (exact) mass is 261 g/mol. The van der Waals surface area contributed by atoms with Crippen molar-refractivity contribution in [2.45, 2.75) is 24.3 Å². The summed E-state index contributed by atoms with van der Waals surface area (Å²) in [5.41, 5.74) is -5.11. The van der Waals surface area contributed by atoms with E-state index < -0.39 is 30.2 Å². The van der Waals surface area contributed by atoms with Gasteiger partial charge in [-0.3, -0.25) is 0 Å². The van der Waals surface area contributed by atoms with Gasteiger partial charge in [-0.05, 0) is 0 Å². The van der Waals surface area contributed by atoms with E-state index >= 15 is 0 Å². The van der Waals surface area contributed by atoms with Gasteiger partial charge < -0.3 is 4.74 Å². The van der Waals surface area contributed by atoms with Crippen molar-refractivity contribution in [1.29, 1.82) is 0 Å². The van der Waals surface area contributed by atoms with Crippen molar-refractivity contribution in [2.24, 2.45) is 4.99 Å². The highest BCUT2D eigenvalue weighted by molar-refractivity contribution is 5.86. The van der Waals surface area contributed by atoms with Gasteiger partial charge in [0.15, 0.2) is 0 Å². The number of halogens is 9. The smallest absolute Gasteiger partial charge is 0.429 e. The molecule has 0 fully saturated rings. The zero-order chi connectivity index (χ0) is 13.0. The maximum Gasteiger partial charge on any atom is 0.468 e. The van der Waals surface area contributed by atoms with Gasteiger partial charge in [0.2, 0.25) is 0 Å². The van der Waals surface area contributed by atoms with Gasteiger partial charge in [0.05, 0.1) is 0 Å². The fraction of sp³-hybridized carbons (Fsp3) is 0.800. The molecule has 0 aliphatic carbocycles. The molecule has 0 atom stereocenters. The lowest BCUT2D eigenvalue weighted by Gasteiger charge is -2.40. The molecule has 1 aliphatic rings. The van der Waals surface area contributed by atoms with Crippen LogP contribution < -0.4 is 0 Å². The second-order valence-electron chi connectivity index (χ2n) is 2.66. The maximum absolute atomic E-state index is 11.9. The first-order chi connectivity index (χ1) is 6.81. The molecule has 0 aromatic heterocycles. The third kappa shape index (κ3) is 1.67. The Morgan fingerprint density at radius 3 is 1.31 bits per heavy atom. The molecule has 0 radical (unpaired) electrons. The summed E-state index contributed by atoms with van der Waals surface area (Å²) in [6, 6.07) is 0. The van der Waals surface area contributed by atoms with Crippen LogP contribution in [0.25, 0.3) is 0 Å². The third-order valence-electron chi connectivity index (χ3n) is 1.51. The van der Waals surface area contributed by atoms with E-state index in [4.69, 9.17) is 0 Å². The van der Waals surface area contributed by atoms with Crippen LogP contribution in [0, 0.1) is 0 Å². The van der Waals surface area contributed by atoms with Gasteiger partial charge in [-0.2, -0.15) is 44.5 Å². The first-order valence-electron chi connectivity index (χ1n) is 3.31. The summed E-state index contributed by atoms with van der Waals surface area (Å²) >= 11 is 0. The predicted molar refractivity (Wildman–Crippen MR) is 29.4 cm³/mol. The highest BCUT2D eigenvalue weighted by atomic mass is 19.4. The average Bonchev–Trinajstić information content (AvgIpc) is 1.69. The predicted octanol–water partition coefficient (Wildman–Crippen LogP) is 2.80. The molecule has 0 saturated carbocycles. The molecule has 0 aromatic carbocycles. The standard InChI is InChI=1S/C5F9NO/c6-2(7,8)1-15-3(16-1,4(9,10)11)5(12,13)14. The number of hydrogen-bond acceptors (Lipinski definition) is 2. The van der Waals surface area contributed by atoms with E-state index in [-0.39, 0.29) is 0 Å². The molecule has 0 aromatic rings. The Bertz CT molecular complexity index is 306.